The average Bonchev–Trinajstić information content (AvgIpc) is 3.16. The Morgan fingerprint density at radius 2 is 2.00 bits per heavy atom. The predicted octanol–water partition coefficient (Wildman–Crippen LogP) is 2.34. The Bertz CT molecular complexity index is 776. The molecule has 9 heteroatoms. The molecule has 0 aliphatic rings. The fourth-order valence-corrected chi connectivity index (χ4v) is 4.14. The number of hydrogen-bond acceptors (Lipinski definition) is 7. The lowest BCUT2D eigenvalue weighted by atomic mass is 10.4. The van der Waals surface area contributed by atoms with Crippen molar-refractivity contribution in [1.82, 2.24) is 14.9 Å². The van der Waals surface area contributed by atoms with Gasteiger partial charge in [-0.25, -0.2) is 13.1 Å². The molecule has 0 fully saturated rings. The lowest BCUT2D eigenvalue weighted by Crippen LogP contribution is -2.22. The summed E-state index contributed by atoms with van der Waals surface area (Å²) >= 11 is 2.64. The smallest absolute Gasteiger partial charge is 0.250 e. The first-order valence-corrected chi connectivity index (χ1v) is 8.79. The molecule has 0 spiro atoms. The molecule has 3 heterocycles. The second-order valence-electron chi connectivity index (χ2n) is 3.75. The average molecular weight is 327 g/mol. The van der Waals surface area contributed by atoms with Crippen molar-refractivity contribution in [3.63, 3.8) is 0 Å². The third-order valence-electron chi connectivity index (χ3n) is 2.38. The van der Waals surface area contributed by atoms with Gasteiger partial charge in [-0.15, -0.1) is 22.7 Å². The normalized spacial score (nSPS) is 11.8. The molecule has 0 saturated heterocycles. The van der Waals surface area contributed by atoms with E-state index >= 15 is 0 Å². The lowest BCUT2D eigenvalue weighted by Gasteiger charge is -2.00. The highest BCUT2D eigenvalue weighted by molar-refractivity contribution is 7.91. The first-order valence-electron chi connectivity index (χ1n) is 5.55. The quantitative estimate of drug-likeness (QED) is 0.777. The molecule has 20 heavy (non-hydrogen) atoms. The highest BCUT2D eigenvalue weighted by atomic mass is 32.2. The Morgan fingerprint density at radius 3 is 2.70 bits per heavy atom. The molecule has 6 nitrogen and oxygen atoms in total. The van der Waals surface area contributed by atoms with Gasteiger partial charge < -0.3 is 4.52 Å². The minimum Gasteiger partial charge on any atom is -0.337 e. The van der Waals surface area contributed by atoms with Gasteiger partial charge in [0.25, 0.3) is 10.0 Å². The van der Waals surface area contributed by atoms with Gasteiger partial charge in [-0.2, -0.15) is 4.98 Å². The summed E-state index contributed by atoms with van der Waals surface area (Å²) in [5, 5.41) is 7.43. The van der Waals surface area contributed by atoms with Crippen LogP contribution in [0.1, 0.15) is 5.89 Å². The van der Waals surface area contributed by atoms with Crippen LogP contribution in [0.3, 0.4) is 0 Å². The van der Waals surface area contributed by atoms with Crippen molar-refractivity contribution in [3.05, 3.63) is 40.9 Å². The highest BCUT2D eigenvalue weighted by Crippen LogP contribution is 2.21. The van der Waals surface area contributed by atoms with Crippen LogP contribution < -0.4 is 4.72 Å². The van der Waals surface area contributed by atoms with Crippen LogP contribution in [-0.2, 0) is 16.6 Å². The summed E-state index contributed by atoms with van der Waals surface area (Å²) < 4.78 is 31.5. The Labute approximate surface area is 123 Å². The Kier molecular flexibility index (Phi) is 3.66. The van der Waals surface area contributed by atoms with Crippen LogP contribution in [-0.4, -0.2) is 18.6 Å². The topological polar surface area (TPSA) is 85.1 Å². The Morgan fingerprint density at radius 1 is 1.20 bits per heavy atom. The van der Waals surface area contributed by atoms with Gasteiger partial charge in [-0.3, -0.25) is 0 Å². The first kappa shape index (κ1) is 13.4. The van der Waals surface area contributed by atoms with Gasteiger partial charge in [0.1, 0.15) is 4.21 Å². The van der Waals surface area contributed by atoms with Crippen molar-refractivity contribution >= 4 is 32.7 Å². The molecular formula is C11H9N3O3S3. The lowest BCUT2D eigenvalue weighted by molar-refractivity contribution is 0.376. The molecule has 3 aromatic rings. The largest absolute Gasteiger partial charge is 0.337 e. The number of sulfonamides is 1. The van der Waals surface area contributed by atoms with Gasteiger partial charge in [-0.05, 0) is 22.9 Å². The second kappa shape index (κ2) is 5.44. The molecule has 0 amide bonds. The predicted molar refractivity (Wildman–Crippen MR) is 76.0 cm³/mol. The zero-order valence-corrected chi connectivity index (χ0v) is 12.5. The fourth-order valence-electron chi connectivity index (χ4n) is 1.48. The number of hydrogen-bond donors (Lipinski definition) is 1. The van der Waals surface area contributed by atoms with E-state index in [1.807, 2.05) is 17.5 Å². The number of aromatic nitrogens is 2. The minimum atomic E-state index is -3.52. The van der Waals surface area contributed by atoms with E-state index < -0.39 is 10.0 Å². The zero-order valence-electron chi connectivity index (χ0n) is 10.0. The maximum atomic E-state index is 11.9. The van der Waals surface area contributed by atoms with Crippen molar-refractivity contribution in [2.75, 3.05) is 0 Å². The van der Waals surface area contributed by atoms with Gasteiger partial charge in [0.05, 0.1) is 11.4 Å². The van der Waals surface area contributed by atoms with Crippen molar-refractivity contribution < 1.29 is 12.9 Å². The Hall–Kier alpha value is -1.55. The molecule has 3 aromatic heterocycles. The molecule has 0 aromatic carbocycles. The van der Waals surface area contributed by atoms with Crippen LogP contribution in [0.2, 0.25) is 0 Å². The van der Waals surface area contributed by atoms with Crippen molar-refractivity contribution in [3.8, 4) is 10.7 Å². The summed E-state index contributed by atoms with van der Waals surface area (Å²) in [7, 11) is -3.52. The fraction of sp³-hybridized carbons (Fsp3) is 0.0909. The van der Waals surface area contributed by atoms with Crippen LogP contribution in [0.4, 0.5) is 0 Å². The SMILES string of the molecule is O=S(=O)(NCc1nc(-c2cccs2)no1)c1cccs1. The molecule has 0 aliphatic carbocycles. The van der Waals surface area contributed by atoms with Crippen molar-refractivity contribution in [1.29, 1.82) is 0 Å². The monoisotopic (exact) mass is 327 g/mol. The third-order valence-corrected chi connectivity index (χ3v) is 6.05. The Balaban J connectivity index is 1.71. The molecule has 3 rings (SSSR count). The van der Waals surface area contributed by atoms with E-state index in [0.29, 0.717) is 5.82 Å². The van der Waals surface area contributed by atoms with E-state index in [9.17, 15) is 8.42 Å². The van der Waals surface area contributed by atoms with Crippen LogP contribution in [0.15, 0.2) is 43.8 Å². The molecule has 104 valence electrons. The summed E-state index contributed by atoms with van der Waals surface area (Å²) in [6, 6.07) is 6.98. The summed E-state index contributed by atoms with van der Waals surface area (Å²) in [6.45, 7) is -0.0292. The van der Waals surface area contributed by atoms with Crippen molar-refractivity contribution in [2.24, 2.45) is 0 Å². The summed E-state index contributed by atoms with van der Waals surface area (Å²) in [4.78, 5) is 5.02. The number of nitrogens with zero attached hydrogens (tertiary/aromatic N) is 2. The van der Waals surface area contributed by atoms with Crippen LogP contribution >= 0.6 is 22.7 Å². The maximum absolute atomic E-state index is 11.9. The molecule has 0 atom stereocenters. The van der Waals surface area contributed by atoms with Gasteiger partial charge in [-0.1, -0.05) is 17.3 Å². The summed E-state index contributed by atoms with van der Waals surface area (Å²) in [5.74, 6) is 0.693. The molecule has 0 unspecified atom stereocenters. The first-order chi connectivity index (χ1) is 9.65. The van der Waals surface area contributed by atoms with Crippen LogP contribution in [0, 0.1) is 0 Å². The number of rotatable bonds is 5. The standard InChI is InChI=1S/C11H9N3O3S3/c15-20(16,10-4-2-6-19-10)12-7-9-13-11(14-17-9)8-3-1-5-18-8/h1-6,12H,7H2. The van der Waals surface area contributed by atoms with E-state index in [1.165, 1.54) is 17.4 Å². The number of thiophene rings is 2. The van der Waals surface area contributed by atoms with Gasteiger partial charge >= 0.3 is 0 Å². The molecule has 0 radical (unpaired) electrons. The highest BCUT2D eigenvalue weighted by Gasteiger charge is 2.17. The summed E-state index contributed by atoms with van der Waals surface area (Å²) in [5.41, 5.74) is 0. The molecular weight excluding hydrogens is 318 g/mol. The molecule has 0 bridgehead atoms. The second-order valence-corrected chi connectivity index (χ2v) is 7.63. The van der Waals surface area contributed by atoms with Gasteiger partial charge in [0.2, 0.25) is 11.7 Å². The van der Waals surface area contributed by atoms with E-state index in [0.717, 1.165) is 16.2 Å². The van der Waals surface area contributed by atoms with Crippen molar-refractivity contribution in [2.45, 2.75) is 10.8 Å². The van der Waals surface area contributed by atoms with Gasteiger partial charge in [0, 0.05) is 0 Å². The zero-order chi connectivity index (χ0) is 14.0. The molecule has 0 saturated carbocycles. The minimum absolute atomic E-state index is 0.0292. The van der Waals surface area contributed by atoms with Crippen LogP contribution in [0.5, 0.6) is 0 Å². The third kappa shape index (κ3) is 2.80. The molecule has 0 aliphatic heterocycles. The van der Waals surface area contributed by atoms with E-state index in [1.54, 1.807) is 11.4 Å². The van der Waals surface area contributed by atoms with E-state index in [-0.39, 0.29) is 16.6 Å². The van der Waals surface area contributed by atoms with Gasteiger partial charge in [0.15, 0.2) is 0 Å². The summed E-state index contributed by atoms with van der Waals surface area (Å²) in [6.07, 6.45) is 0. The van der Waals surface area contributed by atoms with E-state index in [4.69, 9.17) is 4.52 Å². The van der Waals surface area contributed by atoms with Crippen LogP contribution in [0.25, 0.3) is 10.7 Å². The maximum Gasteiger partial charge on any atom is 0.250 e. The number of nitrogens with one attached hydrogen (secondary N) is 1. The molecule has 1 N–H and O–H groups in total. The van der Waals surface area contributed by atoms with E-state index in [2.05, 4.69) is 14.9 Å².